The third kappa shape index (κ3) is 4.05. The first-order chi connectivity index (χ1) is 7.11. The van der Waals surface area contributed by atoms with Gasteiger partial charge in [-0.1, -0.05) is 32.0 Å². The molecule has 15 heavy (non-hydrogen) atoms. The van der Waals surface area contributed by atoms with E-state index in [1.54, 1.807) is 0 Å². The molecule has 0 amide bonds. The molecule has 0 aliphatic rings. The van der Waals surface area contributed by atoms with Crippen molar-refractivity contribution in [3.8, 4) is 0 Å². The van der Waals surface area contributed by atoms with E-state index in [0.717, 1.165) is 19.0 Å². The summed E-state index contributed by atoms with van der Waals surface area (Å²) in [6, 6.07) is 6.53. The van der Waals surface area contributed by atoms with Gasteiger partial charge in [0, 0.05) is 6.54 Å². The zero-order valence-electron chi connectivity index (χ0n) is 10.4. The first-order valence-electron chi connectivity index (χ1n) is 5.87. The molecule has 84 valence electrons. The van der Waals surface area contributed by atoms with Gasteiger partial charge in [-0.25, -0.2) is 0 Å². The normalized spacial score (nSPS) is 11.0. The van der Waals surface area contributed by atoms with Crippen molar-refractivity contribution in [3.05, 3.63) is 34.9 Å². The summed E-state index contributed by atoms with van der Waals surface area (Å²) in [6.07, 6.45) is 1.25. The lowest BCUT2D eigenvalue weighted by Gasteiger charge is -2.10. The maximum Gasteiger partial charge on any atom is 0.0208 e. The third-order valence-electron chi connectivity index (χ3n) is 2.93. The SMILES string of the molecule is Cc1cccc(CNCCC(C)C)c1C. The highest BCUT2D eigenvalue weighted by Gasteiger charge is 2.00. The van der Waals surface area contributed by atoms with Crippen LogP contribution in [0.1, 0.15) is 37.0 Å². The quantitative estimate of drug-likeness (QED) is 0.726. The van der Waals surface area contributed by atoms with E-state index in [2.05, 4.69) is 51.2 Å². The second-order valence-corrected chi connectivity index (χ2v) is 4.72. The van der Waals surface area contributed by atoms with E-state index >= 15 is 0 Å². The minimum atomic E-state index is 0.788. The molecular formula is C14H23N. The molecule has 0 fully saturated rings. The van der Waals surface area contributed by atoms with Crippen molar-refractivity contribution >= 4 is 0 Å². The molecule has 0 radical (unpaired) electrons. The first kappa shape index (κ1) is 12.3. The zero-order chi connectivity index (χ0) is 11.3. The van der Waals surface area contributed by atoms with Crippen molar-refractivity contribution in [3.63, 3.8) is 0 Å². The molecule has 1 N–H and O–H groups in total. The van der Waals surface area contributed by atoms with Gasteiger partial charge >= 0.3 is 0 Å². The number of aryl methyl sites for hydroxylation is 1. The summed E-state index contributed by atoms with van der Waals surface area (Å²) in [5.41, 5.74) is 4.24. The van der Waals surface area contributed by atoms with Gasteiger partial charge in [0.15, 0.2) is 0 Å². The summed E-state index contributed by atoms with van der Waals surface area (Å²) in [4.78, 5) is 0. The van der Waals surface area contributed by atoms with Gasteiger partial charge in [-0.2, -0.15) is 0 Å². The lowest BCUT2D eigenvalue weighted by molar-refractivity contribution is 0.537. The van der Waals surface area contributed by atoms with Crippen molar-refractivity contribution in [2.45, 2.75) is 40.7 Å². The molecule has 1 heteroatoms. The average molecular weight is 205 g/mol. The molecule has 1 aromatic carbocycles. The smallest absolute Gasteiger partial charge is 0.0208 e. The van der Waals surface area contributed by atoms with Gasteiger partial charge < -0.3 is 5.32 Å². The van der Waals surface area contributed by atoms with Crippen LogP contribution in [-0.2, 0) is 6.54 Å². The fourth-order valence-corrected chi connectivity index (χ4v) is 1.62. The molecule has 0 aromatic heterocycles. The topological polar surface area (TPSA) is 12.0 Å². The van der Waals surface area contributed by atoms with E-state index in [4.69, 9.17) is 0 Å². The molecule has 0 heterocycles. The number of benzene rings is 1. The molecule has 1 nitrogen and oxygen atoms in total. The monoisotopic (exact) mass is 205 g/mol. The summed E-state index contributed by atoms with van der Waals surface area (Å²) in [5, 5.41) is 3.50. The molecule has 0 saturated carbocycles. The number of hydrogen-bond donors (Lipinski definition) is 1. The third-order valence-corrected chi connectivity index (χ3v) is 2.93. The molecule has 1 rings (SSSR count). The van der Waals surface area contributed by atoms with Crippen LogP contribution in [0.2, 0.25) is 0 Å². The molecule has 0 saturated heterocycles. The van der Waals surface area contributed by atoms with Crippen LogP contribution >= 0.6 is 0 Å². The maximum absolute atomic E-state index is 3.50. The van der Waals surface area contributed by atoms with E-state index in [9.17, 15) is 0 Å². The first-order valence-corrected chi connectivity index (χ1v) is 5.87. The van der Waals surface area contributed by atoms with Gasteiger partial charge in [-0.15, -0.1) is 0 Å². The molecule has 0 aliphatic carbocycles. The van der Waals surface area contributed by atoms with E-state index < -0.39 is 0 Å². The highest BCUT2D eigenvalue weighted by Crippen LogP contribution is 2.12. The van der Waals surface area contributed by atoms with Gasteiger partial charge in [0.1, 0.15) is 0 Å². The second kappa shape index (κ2) is 5.92. The maximum atomic E-state index is 3.50. The van der Waals surface area contributed by atoms with E-state index in [-0.39, 0.29) is 0 Å². The molecule has 0 aliphatic heterocycles. The summed E-state index contributed by atoms with van der Waals surface area (Å²) in [5.74, 6) is 0.788. The number of nitrogens with one attached hydrogen (secondary N) is 1. The van der Waals surface area contributed by atoms with Crippen LogP contribution in [0.3, 0.4) is 0 Å². The Hall–Kier alpha value is -0.820. The molecule has 0 unspecified atom stereocenters. The highest BCUT2D eigenvalue weighted by atomic mass is 14.8. The Morgan fingerprint density at radius 1 is 1.20 bits per heavy atom. The fourth-order valence-electron chi connectivity index (χ4n) is 1.62. The summed E-state index contributed by atoms with van der Waals surface area (Å²) < 4.78 is 0. The standard InChI is InChI=1S/C14H23N/c1-11(2)8-9-15-10-14-7-5-6-12(3)13(14)4/h5-7,11,15H,8-10H2,1-4H3. The number of rotatable bonds is 5. The summed E-state index contributed by atoms with van der Waals surface area (Å²) >= 11 is 0. The van der Waals surface area contributed by atoms with Crippen molar-refractivity contribution < 1.29 is 0 Å². The predicted octanol–water partition coefficient (Wildman–Crippen LogP) is 3.44. The van der Waals surface area contributed by atoms with Crippen molar-refractivity contribution in [1.82, 2.24) is 5.32 Å². The van der Waals surface area contributed by atoms with Gasteiger partial charge in [-0.05, 0) is 49.4 Å². The van der Waals surface area contributed by atoms with Crippen LogP contribution in [0.25, 0.3) is 0 Å². The largest absolute Gasteiger partial charge is 0.313 e. The molecule has 0 spiro atoms. The van der Waals surface area contributed by atoms with Crippen molar-refractivity contribution in [2.24, 2.45) is 5.92 Å². The minimum absolute atomic E-state index is 0.788. The molecular weight excluding hydrogens is 182 g/mol. The van der Waals surface area contributed by atoms with Crippen molar-refractivity contribution in [1.29, 1.82) is 0 Å². The second-order valence-electron chi connectivity index (χ2n) is 4.72. The van der Waals surface area contributed by atoms with Gasteiger partial charge in [0.05, 0.1) is 0 Å². The summed E-state index contributed by atoms with van der Waals surface area (Å²) in [6.45, 7) is 11.0. The van der Waals surface area contributed by atoms with Crippen LogP contribution in [0.15, 0.2) is 18.2 Å². The van der Waals surface area contributed by atoms with Gasteiger partial charge in [0.2, 0.25) is 0 Å². The minimum Gasteiger partial charge on any atom is -0.313 e. The molecule has 1 aromatic rings. The Morgan fingerprint density at radius 3 is 2.60 bits per heavy atom. The Balaban J connectivity index is 2.41. The lowest BCUT2D eigenvalue weighted by Crippen LogP contribution is -2.17. The van der Waals surface area contributed by atoms with Gasteiger partial charge in [0.25, 0.3) is 0 Å². The van der Waals surface area contributed by atoms with Crippen LogP contribution in [0, 0.1) is 19.8 Å². The van der Waals surface area contributed by atoms with Crippen LogP contribution in [0.4, 0.5) is 0 Å². The Kier molecular flexibility index (Phi) is 4.83. The van der Waals surface area contributed by atoms with Crippen molar-refractivity contribution in [2.75, 3.05) is 6.54 Å². The fraction of sp³-hybridized carbons (Fsp3) is 0.571. The zero-order valence-corrected chi connectivity index (χ0v) is 10.4. The highest BCUT2D eigenvalue weighted by molar-refractivity contribution is 5.32. The van der Waals surface area contributed by atoms with E-state index in [1.807, 2.05) is 0 Å². The van der Waals surface area contributed by atoms with E-state index in [0.29, 0.717) is 0 Å². The summed E-state index contributed by atoms with van der Waals surface area (Å²) in [7, 11) is 0. The Bertz CT molecular complexity index is 302. The predicted molar refractivity (Wildman–Crippen MR) is 67.1 cm³/mol. The van der Waals surface area contributed by atoms with Crippen LogP contribution < -0.4 is 5.32 Å². The molecule has 0 bridgehead atoms. The average Bonchev–Trinajstić information content (AvgIpc) is 2.18. The van der Waals surface area contributed by atoms with Crippen LogP contribution in [-0.4, -0.2) is 6.54 Å². The molecule has 0 atom stereocenters. The lowest BCUT2D eigenvalue weighted by atomic mass is 10.0. The van der Waals surface area contributed by atoms with E-state index in [1.165, 1.54) is 23.1 Å². The van der Waals surface area contributed by atoms with Gasteiger partial charge in [-0.3, -0.25) is 0 Å². The Labute approximate surface area is 93.9 Å². The number of hydrogen-bond acceptors (Lipinski definition) is 1. The van der Waals surface area contributed by atoms with Crippen LogP contribution in [0.5, 0.6) is 0 Å². The Morgan fingerprint density at radius 2 is 1.93 bits per heavy atom.